The molecule has 146 valence electrons. The molecule has 1 heterocycles. The maximum Gasteiger partial charge on any atom is 0.195 e. The molecule has 1 aromatic carbocycles. The fourth-order valence-electron chi connectivity index (χ4n) is 3.34. The van der Waals surface area contributed by atoms with Crippen LogP contribution in [0.4, 0.5) is 5.69 Å². The van der Waals surface area contributed by atoms with Crippen LogP contribution in [0.15, 0.2) is 23.2 Å². The zero-order chi connectivity index (χ0) is 18.8. The van der Waals surface area contributed by atoms with Crippen LogP contribution < -0.4 is 20.1 Å². The smallest absolute Gasteiger partial charge is 0.195 e. The molecule has 1 aliphatic rings. The van der Waals surface area contributed by atoms with Gasteiger partial charge in [0, 0.05) is 31.9 Å². The van der Waals surface area contributed by atoms with Gasteiger partial charge in [0.2, 0.25) is 0 Å². The Morgan fingerprint density at radius 2 is 2.19 bits per heavy atom. The van der Waals surface area contributed by atoms with Gasteiger partial charge in [-0.2, -0.15) is 0 Å². The van der Waals surface area contributed by atoms with Gasteiger partial charge >= 0.3 is 0 Å². The van der Waals surface area contributed by atoms with Gasteiger partial charge < -0.3 is 25.0 Å². The van der Waals surface area contributed by atoms with Crippen LogP contribution in [0.25, 0.3) is 0 Å². The Labute approximate surface area is 158 Å². The van der Waals surface area contributed by atoms with Gasteiger partial charge in [0.25, 0.3) is 0 Å². The third-order valence-electron chi connectivity index (χ3n) is 4.63. The Kier molecular flexibility index (Phi) is 8.54. The van der Waals surface area contributed by atoms with Crippen molar-refractivity contribution in [3.63, 3.8) is 0 Å². The van der Waals surface area contributed by atoms with Gasteiger partial charge in [0.05, 0.1) is 13.7 Å². The number of piperidine rings is 1. The minimum atomic E-state index is 0.613. The standard InChI is InChI=1S/C20H34N4O2/c1-5-26-18-10-9-17(14-19(18)25-4)23-20(21-3)22-11-7-13-24-12-6-8-16(2)15-24/h9-10,14,16H,5-8,11-13,15H2,1-4H3,(H2,21,22,23). The van der Waals surface area contributed by atoms with Crippen molar-refractivity contribution in [3.05, 3.63) is 18.2 Å². The average molecular weight is 363 g/mol. The van der Waals surface area contributed by atoms with Crippen LogP contribution in [0.1, 0.15) is 33.1 Å². The molecular formula is C20H34N4O2. The number of rotatable bonds is 8. The summed E-state index contributed by atoms with van der Waals surface area (Å²) in [6.45, 7) is 9.44. The molecule has 6 nitrogen and oxygen atoms in total. The number of benzene rings is 1. The van der Waals surface area contributed by atoms with Crippen LogP contribution in [0, 0.1) is 5.92 Å². The maximum absolute atomic E-state index is 5.56. The molecule has 1 atom stereocenters. The van der Waals surface area contributed by atoms with E-state index in [0.717, 1.165) is 42.8 Å². The fourth-order valence-corrected chi connectivity index (χ4v) is 3.34. The fraction of sp³-hybridized carbons (Fsp3) is 0.650. The molecule has 0 aliphatic carbocycles. The molecule has 0 aromatic heterocycles. The number of nitrogens with zero attached hydrogens (tertiary/aromatic N) is 2. The van der Waals surface area contributed by atoms with Crippen LogP contribution in [0.2, 0.25) is 0 Å². The molecule has 1 unspecified atom stereocenters. The SMILES string of the molecule is CCOc1ccc(NC(=NC)NCCCN2CCCC(C)C2)cc1OC. The Balaban J connectivity index is 1.78. The lowest BCUT2D eigenvalue weighted by molar-refractivity contribution is 0.182. The summed E-state index contributed by atoms with van der Waals surface area (Å²) in [5, 5.41) is 6.69. The van der Waals surface area contributed by atoms with E-state index in [1.54, 1.807) is 14.2 Å². The average Bonchev–Trinajstić information content (AvgIpc) is 2.65. The Morgan fingerprint density at radius 1 is 1.35 bits per heavy atom. The first-order valence-corrected chi connectivity index (χ1v) is 9.67. The maximum atomic E-state index is 5.56. The number of aliphatic imine (C=N–C) groups is 1. The first-order valence-electron chi connectivity index (χ1n) is 9.67. The first kappa shape index (κ1) is 20.4. The summed E-state index contributed by atoms with van der Waals surface area (Å²) in [5.41, 5.74) is 0.920. The van der Waals surface area contributed by atoms with Gasteiger partial charge in [-0.3, -0.25) is 4.99 Å². The number of likely N-dealkylation sites (tertiary alicyclic amines) is 1. The minimum absolute atomic E-state index is 0.613. The molecule has 1 fully saturated rings. The van der Waals surface area contributed by atoms with Gasteiger partial charge in [-0.25, -0.2) is 0 Å². The van der Waals surface area contributed by atoms with Gasteiger partial charge in [-0.05, 0) is 57.3 Å². The highest BCUT2D eigenvalue weighted by atomic mass is 16.5. The molecule has 0 saturated carbocycles. The van der Waals surface area contributed by atoms with Crippen molar-refractivity contribution in [2.75, 3.05) is 52.3 Å². The number of guanidine groups is 1. The van der Waals surface area contributed by atoms with Gasteiger partial charge in [-0.1, -0.05) is 6.92 Å². The Morgan fingerprint density at radius 3 is 2.88 bits per heavy atom. The summed E-state index contributed by atoms with van der Waals surface area (Å²) < 4.78 is 11.0. The van der Waals surface area contributed by atoms with E-state index in [0.29, 0.717) is 12.4 Å². The van der Waals surface area contributed by atoms with Crippen molar-refractivity contribution >= 4 is 11.6 Å². The zero-order valence-corrected chi connectivity index (χ0v) is 16.7. The molecule has 0 amide bonds. The highest BCUT2D eigenvalue weighted by Gasteiger charge is 2.15. The lowest BCUT2D eigenvalue weighted by Crippen LogP contribution is -2.37. The Hall–Kier alpha value is -1.95. The van der Waals surface area contributed by atoms with Crippen molar-refractivity contribution in [1.29, 1.82) is 0 Å². The second-order valence-corrected chi connectivity index (χ2v) is 6.82. The molecule has 2 N–H and O–H groups in total. The summed E-state index contributed by atoms with van der Waals surface area (Å²) in [6.07, 6.45) is 3.81. The predicted molar refractivity (Wildman–Crippen MR) is 109 cm³/mol. The summed E-state index contributed by atoms with van der Waals surface area (Å²) >= 11 is 0. The number of nitrogens with one attached hydrogen (secondary N) is 2. The van der Waals surface area contributed by atoms with Crippen LogP contribution >= 0.6 is 0 Å². The summed E-state index contributed by atoms with van der Waals surface area (Å²) in [5.74, 6) is 3.06. The van der Waals surface area contributed by atoms with E-state index >= 15 is 0 Å². The summed E-state index contributed by atoms with van der Waals surface area (Å²) in [6, 6.07) is 5.80. The van der Waals surface area contributed by atoms with E-state index in [1.807, 2.05) is 25.1 Å². The molecular weight excluding hydrogens is 328 g/mol. The lowest BCUT2D eigenvalue weighted by Gasteiger charge is -2.30. The van der Waals surface area contributed by atoms with Crippen molar-refractivity contribution in [2.24, 2.45) is 10.9 Å². The minimum Gasteiger partial charge on any atom is -0.493 e. The van der Waals surface area contributed by atoms with E-state index in [2.05, 4.69) is 27.4 Å². The highest BCUT2D eigenvalue weighted by Crippen LogP contribution is 2.30. The molecule has 2 rings (SSSR count). The van der Waals surface area contributed by atoms with Crippen LogP contribution in [0.5, 0.6) is 11.5 Å². The second kappa shape index (κ2) is 10.9. The normalized spacial score (nSPS) is 18.5. The molecule has 1 saturated heterocycles. The van der Waals surface area contributed by atoms with Crippen molar-refractivity contribution in [3.8, 4) is 11.5 Å². The zero-order valence-electron chi connectivity index (χ0n) is 16.7. The first-order chi connectivity index (χ1) is 12.7. The molecule has 0 bridgehead atoms. The molecule has 0 radical (unpaired) electrons. The molecule has 6 heteroatoms. The molecule has 1 aromatic rings. The number of methoxy groups -OCH3 is 1. The molecule has 26 heavy (non-hydrogen) atoms. The third-order valence-corrected chi connectivity index (χ3v) is 4.63. The highest BCUT2D eigenvalue weighted by molar-refractivity contribution is 5.93. The quantitative estimate of drug-likeness (QED) is 0.422. The van der Waals surface area contributed by atoms with Gasteiger partial charge in [0.1, 0.15) is 0 Å². The summed E-state index contributed by atoms with van der Waals surface area (Å²) in [7, 11) is 3.43. The van der Waals surface area contributed by atoms with E-state index in [1.165, 1.54) is 25.9 Å². The Bertz CT molecular complexity index is 577. The topological polar surface area (TPSA) is 58.1 Å². The predicted octanol–water partition coefficient (Wildman–Crippen LogP) is 3.20. The van der Waals surface area contributed by atoms with E-state index in [4.69, 9.17) is 9.47 Å². The lowest BCUT2D eigenvalue weighted by atomic mass is 10.0. The van der Waals surface area contributed by atoms with E-state index < -0.39 is 0 Å². The number of hydrogen-bond acceptors (Lipinski definition) is 4. The third kappa shape index (κ3) is 6.41. The number of hydrogen-bond donors (Lipinski definition) is 2. The second-order valence-electron chi connectivity index (χ2n) is 6.82. The van der Waals surface area contributed by atoms with E-state index in [-0.39, 0.29) is 0 Å². The van der Waals surface area contributed by atoms with E-state index in [9.17, 15) is 0 Å². The van der Waals surface area contributed by atoms with Gasteiger partial charge in [-0.15, -0.1) is 0 Å². The number of ether oxygens (including phenoxy) is 2. The number of anilines is 1. The largest absolute Gasteiger partial charge is 0.493 e. The van der Waals surface area contributed by atoms with Gasteiger partial charge in [0.15, 0.2) is 17.5 Å². The van der Waals surface area contributed by atoms with Crippen LogP contribution in [-0.4, -0.2) is 57.8 Å². The van der Waals surface area contributed by atoms with Crippen molar-refractivity contribution in [1.82, 2.24) is 10.2 Å². The molecule has 0 spiro atoms. The van der Waals surface area contributed by atoms with Crippen LogP contribution in [0.3, 0.4) is 0 Å². The van der Waals surface area contributed by atoms with Crippen molar-refractivity contribution < 1.29 is 9.47 Å². The molecule has 1 aliphatic heterocycles. The summed E-state index contributed by atoms with van der Waals surface area (Å²) in [4.78, 5) is 6.88. The van der Waals surface area contributed by atoms with Crippen molar-refractivity contribution in [2.45, 2.75) is 33.1 Å². The van der Waals surface area contributed by atoms with Crippen LogP contribution in [-0.2, 0) is 0 Å². The monoisotopic (exact) mass is 362 g/mol.